The van der Waals surface area contributed by atoms with Gasteiger partial charge in [-0.3, -0.25) is 9.69 Å². The minimum absolute atomic E-state index is 0.0957. The van der Waals surface area contributed by atoms with Gasteiger partial charge in [0.05, 0.1) is 13.2 Å². The Labute approximate surface area is 76.9 Å². The lowest BCUT2D eigenvalue weighted by atomic mass is 10.3. The Hall–Kier alpha value is -1.10. The molecule has 0 radical (unpaired) electrons. The second-order valence-electron chi connectivity index (χ2n) is 2.96. The number of likely N-dealkylation sites (N-methyl/N-ethyl adjacent to an activating group) is 1. The molecule has 0 aliphatic carbocycles. The van der Waals surface area contributed by atoms with Crippen LogP contribution < -0.4 is 0 Å². The first-order chi connectivity index (χ1) is 6.13. The summed E-state index contributed by atoms with van der Waals surface area (Å²) in [6.45, 7) is 3.96. The monoisotopic (exact) mass is 186 g/mol. The molecule has 0 aromatic rings. The fourth-order valence-corrected chi connectivity index (χ4v) is 1.49. The zero-order valence-electron chi connectivity index (χ0n) is 7.86. The molecule has 3 amide bonds. The molecule has 1 saturated heterocycles. The molecule has 1 aliphatic rings. The number of nitrogens with zero attached hydrogens (tertiary/aromatic N) is 2. The molecule has 74 valence electrons. The third-order valence-corrected chi connectivity index (χ3v) is 2.23. The van der Waals surface area contributed by atoms with Crippen molar-refractivity contribution in [2.75, 3.05) is 19.7 Å². The smallest absolute Gasteiger partial charge is 0.327 e. The van der Waals surface area contributed by atoms with Crippen LogP contribution in [0.1, 0.15) is 13.8 Å². The minimum Gasteiger partial charge on any atom is -0.395 e. The van der Waals surface area contributed by atoms with Gasteiger partial charge >= 0.3 is 6.03 Å². The Bertz CT molecular complexity index is 229. The van der Waals surface area contributed by atoms with Crippen LogP contribution in [-0.2, 0) is 4.79 Å². The summed E-state index contributed by atoms with van der Waals surface area (Å²) in [4.78, 5) is 25.5. The van der Waals surface area contributed by atoms with Gasteiger partial charge in [0.2, 0.25) is 0 Å². The molecule has 13 heavy (non-hydrogen) atoms. The highest BCUT2D eigenvalue weighted by Gasteiger charge is 2.40. The molecular formula is C8H14N2O3. The second-order valence-corrected chi connectivity index (χ2v) is 2.96. The number of hydrogen-bond donors (Lipinski definition) is 1. The zero-order valence-corrected chi connectivity index (χ0v) is 7.86. The average Bonchev–Trinajstić information content (AvgIpc) is 2.31. The molecule has 1 N–H and O–H groups in total. The number of rotatable bonds is 3. The third kappa shape index (κ3) is 1.51. The van der Waals surface area contributed by atoms with Gasteiger partial charge in [-0.15, -0.1) is 0 Å². The number of carbonyl (C=O) groups excluding carboxylic acids is 2. The van der Waals surface area contributed by atoms with Gasteiger partial charge in [0.15, 0.2) is 0 Å². The fourth-order valence-electron chi connectivity index (χ4n) is 1.49. The second kappa shape index (κ2) is 3.74. The lowest BCUT2D eigenvalue weighted by molar-refractivity contribution is -0.128. The Morgan fingerprint density at radius 2 is 2.08 bits per heavy atom. The Morgan fingerprint density at radius 1 is 1.46 bits per heavy atom. The highest BCUT2D eigenvalue weighted by molar-refractivity contribution is 6.03. The maximum Gasteiger partial charge on any atom is 0.327 e. The number of aliphatic hydroxyl groups excluding tert-OH is 1. The third-order valence-electron chi connectivity index (χ3n) is 2.23. The van der Waals surface area contributed by atoms with Crippen LogP contribution in [0.2, 0.25) is 0 Å². The van der Waals surface area contributed by atoms with E-state index in [2.05, 4.69) is 0 Å². The van der Waals surface area contributed by atoms with Gasteiger partial charge in [-0.05, 0) is 13.8 Å². The van der Waals surface area contributed by atoms with E-state index in [0.29, 0.717) is 6.54 Å². The van der Waals surface area contributed by atoms with Crippen molar-refractivity contribution in [3.05, 3.63) is 0 Å². The normalized spacial score (nSPS) is 23.2. The molecular weight excluding hydrogens is 172 g/mol. The van der Waals surface area contributed by atoms with Crippen molar-refractivity contribution >= 4 is 11.9 Å². The van der Waals surface area contributed by atoms with Crippen LogP contribution in [0, 0.1) is 0 Å². The number of urea groups is 1. The van der Waals surface area contributed by atoms with Crippen LogP contribution in [0.5, 0.6) is 0 Å². The SMILES string of the molecule is CCN1C(=O)N(CCO)C(=O)C1C. The van der Waals surface area contributed by atoms with E-state index in [1.807, 2.05) is 6.92 Å². The molecule has 1 heterocycles. The Balaban J connectivity index is 2.78. The van der Waals surface area contributed by atoms with Gasteiger partial charge in [-0.2, -0.15) is 0 Å². The first-order valence-corrected chi connectivity index (χ1v) is 4.36. The lowest BCUT2D eigenvalue weighted by Gasteiger charge is -2.15. The number of amides is 3. The largest absolute Gasteiger partial charge is 0.395 e. The van der Waals surface area contributed by atoms with Crippen molar-refractivity contribution < 1.29 is 14.7 Å². The first-order valence-electron chi connectivity index (χ1n) is 4.36. The van der Waals surface area contributed by atoms with Crippen molar-refractivity contribution in [1.82, 2.24) is 9.80 Å². The summed E-state index contributed by atoms with van der Waals surface area (Å²) in [7, 11) is 0. The molecule has 5 heteroatoms. The van der Waals surface area contributed by atoms with Gasteiger partial charge in [0.25, 0.3) is 5.91 Å². The molecule has 0 bridgehead atoms. The van der Waals surface area contributed by atoms with E-state index in [4.69, 9.17) is 5.11 Å². The Kier molecular flexibility index (Phi) is 2.87. The topological polar surface area (TPSA) is 60.9 Å². The van der Waals surface area contributed by atoms with Gasteiger partial charge in [-0.1, -0.05) is 0 Å². The lowest BCUT2D eigenvalue weighted by Crippen LogP contribution is -2.35. The van der Waals surface area contributed by atoms with Gasteiger partial charge in [0, 0.05) is 6.54 Å². The van der Waals surface area contributed by atoms with Crippen LogP contribution in [0.25, 0.3) is 0 Å². The number of aliphatic hydroxyl groups is 1. The van der Waals surface area contributed by atoms with E-state index in [-0.39, 0.29) is 31.1 Å². The van der Waals surface area contributed by atoms with E-state index >= 15 is 0 Å². The number of carbonyl (C=O) groups is 2. The number of β-amino-alcohol motifs (C(OH)–C–C–N with tert-alkyl or cyclic N) is 1. The fraction of sp³-hybridized carbons (Fsp3) is 0.750. The molecule has 1 atom stereocenters. The summed E-state index contributed by atoms with van der Waals surface area (Å²) >= 11 is 0. The van der Waals surface area contributed by atoms with E-state index < -0.39 is 0 Å². The van der Waals surface area contributed by atoms with Crippen molar-refractivity contribution in [1.29, 1.82) is 0 Å². The predicted octanol–water partition coefficient (Wildman–Crippen LogP) is -0.349. The maximum atomic E-state index is 11.5. The molecule has 0 saturated carbocycles. The van der Waals surface area contributed by atoms with E-state index in [1.165, 1.54) is 4.90 Å². The highest BCUT2D eigenvalue weighted by atomic mass is 16.3. The summed E-state index contributed by atoms with van der Waals surface area (Å²) < 4.78 is 0. The van der Waals surface area contributed by atoms with Gasteiger partial charge in [-0.25, -0.2) is 4.79 Å². The van der Waals surface area contributed by atoms with Crippen LogP contribution in [0.15, 0.2) is 0 Å². The average molecular weight is 186 g/mol. The van der Waals surface area contributed by atoms with Crippen molar-refractivity contribution in [3.8, 4) is 0 Å². The first kappa shape index (κ1) is 9.98. The van der Waals surface area contributed by atoms with Crippen LogP contribution in [0.4, 0.5) is 4.79 Å². The summed E-state index contributed by atoms with van der Waals surface area (Å²) in [5.41, 5.74) is 0. The molecule has 1 unspecified atom stereocenters. The summed E-state index contributed by atoms with van der Waals surface area (Å²) in [5, 5.41) is 8.64. The summed E-state index contributed by atoms with van der Waals surface area (Å²) in [6, 6.07) is -0.682. The van der Waals surface area contributed by atoms with Crippen molar-refractivity contribution in [2.24, 2.45) is 0 Å². The molecule has 0 aromatic heterocycles. The maximum absolute atomic E-state index is 11.5. The molecule has 1 aliphatic heterocycles. The van der Waals surface area contributed by atoms with Gasteiger partial charge < -0.3 is 10.0 Å². The van der Waals surface area contributed by atoms with E-state index in [0.717, 1.165) is 4.90 Å². The van der Waals surface area contributed by atoms with Crippen molar-refractivity contribution in [3.63, 3.8) is 0 Å². The number of imide groups is 1. The van der Waals surface area contributed by atoms with Crippen LogP contribution in [0.3, 0.4) is 0 Å². The van der Waals surface area contributed by atoms with E-state index in [1.54, 1.807) is 6.92 Å². The molecule has 0 aromatic carbocycles. The standard InChI is InChI=1S/C8H14N2O3/c1-3-9-6(2)7(12)10(4-5-11)8(9)13/h6,11H,3-5H2,1-2H3. The van der Waals surface area contributed by atoms with Crippen LogP contribution >= 0.6 is 0 Å². The molecule has 1 rings (SSSR count). The highest BCUT2D eigenvalue weighted by Crippen LogP contribution is 2.15. The number of hydrogen-bond acceptors (Lipinski definition) is 3. The van der Waals surface area contributed by atoms with Crippen molar-refractivity contribution in [2.45, 2.75) is 19.9 Å². The molecule has 5 nitrogen and oxygen atoms in total. The quantitative estimate of drug-likeness (QED) is 0.613. The summed E-state index contributed by atoms with van der Waals surface area (Å²) in [6.07, 6.45) is 0. The van der Waals surface area contributed by atoms with Crippen LogP contribution in [-0.4, -0.2) is 52.6 Å². The molecule has 0 spiro atoms. The minimum atomic E-state index is -0.385. The Morgan fingerprint density at radius 3 is 2.46 bits per heavy atom. The predicted molar refractivity (Wildman–Crippen MR) is 46.0 cm³/mol. The van der Waals surface area contributed by atoms with Gasteiger partial charge in [0.1, 0.15) is 6.04 Å². The van der Waals surface area contributed by atoms with E-state index in [9.17, 15) is 9.59 Å². The zero-order chi connectivity index (χ0) is 10.0. The summed E-state index contributed by atoms with van der Waals surface area (Å²) in [5.74, 6) is -0.221. The molecule has 1 fully saturated rings.